The fourth-order valence-electron chi connectivity index (χ4n) is 7.46. The molecule has 1 aromatic carbocycles. The molecule has 1 saturated carbocycles. The highest BCUT2D eigenvalue weighted by Gasteiger charge is 2.46. The lowest BCUT2D eigenvalue weighted by atomic mass is 9.83. The molecule has 8 heteroatoms. The smallest absolute Gasteiger partial charge is 0.257 e. The van der Waals surface area contributed by atoms with E-state index in [1.54, 1.807) is 0 Å². The number of carbonyl (C=O) groups excluding carboxylic acids is 2. The maximum absolute atomic E-state index is 13.4. The van der Waals surface area contributed by atoms with Crippen molar-refractivity contribution in [2.24, 2.45) is 11.8 Å². The first-order chi connectivity index (χ1) is 19.7. The second-order valence-corrected chi connectivity index (χ2v) is 13.3. The summed E-state index contributed by atoms with van der Waals surface area (Å²) in [6.07, 6.45) is 6.69. The summed E-state index contributed by atoms with van der Waals surface area (Å²) in [5.74, 6) is 1.30. The van der Waals surface area contributed by atoms with E-state index in [-0.39, 0.29) is 11.4 Å². The van der Waals surface area contributed by atoms with Gasteiger partial charge in [0.25, 0.3) is 5.91 Å². The van der Waals surface area contributed by atoms with E-state index in [1.165, 1.54) is 11.9 Å². The molecule has 6 rings (SSSR count). The van der Waals surface area contributed by atoms with Crippen molar-refractivity contribution in [3.8, 4) is 0 Å². The fourth-order valence-corrected chi connectivity index (χ4v) is 7.46. The van der Waals surface area contributed by atoms with Gasteiger partial charge in [-0.05, 0) is 65.4 Å². The third kappa shape index (κ3) is 5.78. The van der Waals surface area contributed by atoms with Crippen LogP contribution in [0.2, 0.25) is 0 Å². The van der Waals surface area contributed by atoms with Crippen molar-refractivity contribution in [1.29, 1.82) is 0 Å². The van der Waals surface area contributed by atoms with Gasteiger partial charge in [-0.3, -0.25) is 19.4 Å². The zero-order chi connectivity index (χ0) is 28.7. The first-order valence-electron chi connectivity index (χ1n) is 15.6. The molecule has 4 heterocycles. The number of nitrogens with zero attached hydrogens (tertiary/aromatic N) is 6. The van der Waals surface area contributed by atoms with Gasteiger partial charge in [0, 0.05) is 75.3 Å². The van der Waals surface area contributed by atoms with Crippen LogP contribution in [0.3, 0.4) is 0 Å². The van der Waals surface area contributed by atoms with E-state index in [9.17, 15) is 9.59 Å². The number of rotatable bonds is 7. The predicted octanol–water partition coefficient (Wildman–Crippen LogP) is 3.57. The lowest BCUT2D eigenvalue weighted by Gasteiger charge is -2.55. The zero-order valence-corrected chi connectivity index (χ0v) is 25.3. The number of amides is 2. The molecule has 0 radical (unpaired) electrons. The highest BCUT2D eigenvalue weighted by molar-refractivity contribution is 5.96. The summed E-state index contributed by atoms with van der Waals surface area (Å²) in [4.78, 5) is 44.1. The van der Waals surface area contributed by atoms with Crippen LogP contribution >= 0.6 is 0 Å². The lowest BCUT2D eigenvalue weighted by molar-refractivity contribution is -0.142. The van der Waals surface area contributed by atoms with E-state index in [4.69, 9.17) is 0 Å². The van der Waals surface area contributed by atoms with Crippen molar-refractivity contribution < 1.29 is 9.59 Å². The number of aryl methyl sites for hydroxylation is 2. The van der Waals surface area contributed by atoms with Crippen molar-refractivity contribution in [3.05, 3.63) is 59.2 Å². The monoisotopic (exact) mass is 558 g/mol. The Kier molecular flexibility index (Phi) is 7.90. The van der Waals surface area contributed by atoms with Gasteiger partial charge >= 0.3 is 0 Å². The first-order valence-corrected chi connectivity index (χ1v) is 15.6. The van der Waals surface area contributed by atoms with E-state index in [1.807, 2.05) is 18.7 Å². The van der Waals surface area contributed by atoms with E-state index < -0.39 is 0 Å². The van der Waals surface area contributed by atoms with Crippen LogP contribution in [0.15, 0.2) is 36.7 Å². The van der Waals surface area contributed by atoms with Crippen molar-refractivity contribution in [3.63, 3.8) is 0 Å². The van der Waals surface area contributed by atoms with Crippen LogP contribution in [0.1, 0.15) is 66.8 Å². The maximum Gasteiger partial charge on any atom is 0.257 e. The number of aromatic nitrogens is 2. The van der Waals surface area contributed by atoms with Crippen molar-refractivity contribution in [2.45, 2.75) is 77.4 Å². The molecule has 0 bridgehead atoms. The second-order valence-electron chi connectivity index (χ2n) is 13.3. The van der Waals surface area contributed by atoms with Gasteiger partial charge in [0.05, 0.1) is 17.0 Å². The van der Waals surface area contributed by atoms with Gasteiger partial charge in [0.2, 0.25) is 5.91 Å². The summed E-state index contributed by atoms with van der Waals surface area (Å²) in [7, 11) is 0. The molecule has 220 valence electrons. The van der Waals surface area contributed by atoms with Gasteiger partial charge in [0.1, 0.15) is 6.33 Å². The van der Waals surface area contributed by atoms with Crippen molar-refractivity contribution >= 4 is 11.8 Å². The van der Waals surface area contributed by atoms with Gasteiger partial charge in [0.15, 0.2) is 0 Å². The summed E-state index contributed by atoms with van der Waals surface area (Å²) >= 11 is 0. The quantitative estimate of drug-likeness (QED) is 0.518. The number of hydrogen-bond acceptors (Lipinski definition) is 6. The molecule has 2 amide bonds. The van der Waals surface area contributed by atoms with Crippen LogP contribution in [0.25, 0.3) is 0 Å². The average Bonchev–Trinajstić information content (AvgIpc) is 3.78. The van der Waals surface area contributed by atoms with Gasteiger partial charge in [-0.15, -0.1) is 0 Å². The Hall–Kier alpha value is -2.84. The molecule has 8 nitrogen and oxygen atoms in total. The number of likely N-dealkylation sites (tertiary alicyclic amines) is 2. The zero-order valence-electron chi connectivity index (χ0n) is 25.3. The van der Waals surface area contributed by atoms with Crippen LogP contribution in [0.4, 0.5) is 0 Å². The fraction of sp³-hybridized carbons (Fsp3) is 0.636. The second kappa shape index (κ2) is 11.4. The van der Waals surface area contributed by atoms with E-state index in [2.05, 4.69) is 68.8 Å². The molecule has 41 heavy (non-hydrogen) atoms. The Morgan fingerprint density at radius 2 is 1.59 bits per heavy atom. The molecule has 1 aliphatic carbocycles. The molecule has 3 aliphatic heterocycles. The number of piperidine rings is 1. The highest BCUT2D eigenvalue weighted by Crippen LogP contribution is 2.37. The molecule has 4 fully saturated rings. The third-order valence-corrected chi connectivity index (χ3v) is 10.4. The maximum atomic E-state index is 13.4. The topological polar surface area (TPSA) is 72.9 Å². The molecule has 2 aromatic rings. The summed E-state index contributed by atoms with van der Waals surface area (Å²) in [6, 6.07) is 11.8. The molecule has 3 saturated heterocycles. The number of carbonyl (C=O) groups is 2. The van der Waals surface area contributed by atoms with Crippen LogP contribution in [0, 0.1) is 25.7 Å². The Morgan fingerprint density at radius 3 is 2.20 bits per heavy atom. The normalized spacial score (nSPS) is 24.6. The number of hydrogen-bond donors (Lipinski definition) is 0. The van der Waals surface area contributed by atoms with Crippen LogP contribution < -0.4 is 0 Å². The Bertz CT molecular complexity index is 1230. The molecule has 0 spiro atoms. The van der Waals surface area contributed by atoms with E-state index in [0.717, 1.165) is 89.3 Å². The van der Waals surface area contributed by atoms with Crippen molar-refractivity contribution in [2.75, 3.05) is 45.8 Å². The average molecular weight is 559 g/mol. The summed E-state index contributed by atoms with van der Waals surface area (Å²) in [5, 5.41) is 0. The molecular formula is C33H46N6O2. The van der Waals surface area contributed by atoms with Gasteiger partial charge in [-0.1, -0.05) is 30.3 Å². The minimum absolute atomic E-state index is 0.0688. The summed E-state index contributed by atoms with van der Waals surface area (Å²) in [5.41, 5.74) is 3.66. The molecule has 1 unspecified atom stereocenters. The van der Waals surface area contributed by atoms with Crippen molar-refractivity contribution in [1.82, 2.24) is 29.6 Å². The highest BCUT2D eigenvalue weighted by atomic mass is 16.2. The molecule has 1 aromatic heterocycles. The number of benzene rings is 1. The standard InChI is InChI=1S/C33H46N6O2/c1-23-19-38(33(4)12-14-36(15-13-33)32(41)30-24(2)34-22-35-25(30)3)16-17-39(23)29(18-26-8-6-5-7-9-26)28-20-37(21-28)31(40)27-10-11-27/h5-9,22-23,27-29H,10-21H2,1-4H3/t23-,29?/m0/s1. The lowest BCUT2D eigenvalue weighted by Crippen LogP contribution is -2.66. The summed E-state index contributed by atoms with van der Waals surface area (Å²) in [6.45, 7) is 15.1. The minimum Gasteiger partial charge on any atom is -0.342 e. The molecule has 2 atom stereocenters. The van der Waals surface area contributed by atoms with Gasteiger partial charge < -0.3 is 9.80 Å². The Balaban J connectivity index is 1.09. The van der Waals surface area contributed by atoms with Crippen LogP contribution in [-0.4, -0.2) is 105 Å². The molecular weight excluding hydrogens is 512 g/mol. The van der Waals surface area contributed by atoms with Gasteiger partial charge in [-0.25, -0.2) is 9.97 Å². The Labute approximate surface area is 245 Å². The number of piperazine rings is 1. The van der Waals surface area contributed by atoms with Gasteiger partial charge in [-0.2, -0.15) is 0 Å². The SMILES string of the molecule is Cc1ncnc(C)c1C(=O)N1CCC(C)(N2CCN(C(Cc3ccccc3)C3CN(C(=O)C4CC4)C3)[C@@H](C)C2)CC1. The van der Waals surface area contributed by atoms with Crippen LogP contribution in [0.5, 0.6) is 0 Å². The minimum atomic E-state index is 0.0688. The molecule has 4 aliphatic rings. The predicted molar refractivity (Wildman–Crippen MR) is 160 cm³/mol. The van der Waals surface area contributed by atoms with Crippen LogP contribution in [-0.2, 0) is 11.2 Å². The third-order valence-electron chi connectivity index (χ3n) is 10.4. The largest absolute Gasteiger partial charge is 0.342 e. The first kappa shape index (κ1) is 28.3. The van der Waals surface area contributed by atoms with E-state index >= 15 is 0 Å². The molecule has 0 N–H and O–H groups in total. The summed E-state index contributed by atoms with van der Waals surface area (Å²) < 4.78 is 0. The Morgan fingerprint density at radius 1 is 0.927 bits per heavy atom. The van der Waals surface area contributed by atoms with E-state index in [0.29, 0.717) is 35.4 Å².